The quantitative estimate of drug-likeness (QED) is 0.846. The van der Waals surface area contributed by atoms with E-state index in [4.69, 9.17) is 9.47 Å². The van der Waals surface area contributed by atoms with Crippen LogP contribution in [0.4, 0.5) is 0 Å². The van der Waals surface area contributed by atoms with Crippen molar-refractivity contribution in [2.75, 3.05) is 13.3 Å². The zero-order valence-corrected chi connectivity index (χ0v) is 16.0. The summed E-state index contributed by atoms with van der Waals surface area (Å²) in [5, 5.41) is 5.96. The van der Waals surface area contributed by atoms with Gasteiger partial charge >= 0.3 is 0 Å². The van der Waals surface area contributed by atoms with Crippen molar-refractivity contribution in [2.24, 2.45) is 16.7 Å². The van der Waals surface area contributed by atoms with Crippen LogP contribution in [0.2, 0.25) is 0 Å². The average molecular weight is 360 g/mol. The molecule has 1 aliphatic heterocycles. The van der Waals surface area contributed by atoms with Crippen LogP contribution < -0.4 is 20.1 Å². The van der Waals surface area contributed by atoms with Crippen molar-refractivity contribution >= 4 is 11.8 Å². The van der Waals surface area contributed by atoms with Crippen molar-refractivity contribution in [3.63, 3.8) is 0 Å². The van der Waals surface area contributed by atoms with E-state index in [1.165, 1.54) is 0 Å². The van der Waals surface area contributed by atoms with E-state index in [-0.39, 0.29) is 24.5 Å². The number of carbonyl (C=O) groups excluding carboxylic acids is 2. The second kappa shape index (κ2) is 6.82. The van der Waals surface area contributed by atoms with E-state index in [2.05, 4.69) is 10.6 Å². The minimum absolute atomic E-state index is 0.00744. The third kappa shape index (κ3) is 3.02. The van der Waals surface area contributed by atoms with E-state index < -0.39 is 10.8 Å². The Morgan fingerprint density at radius 2 is 1.88 bits per heavy atom. The molecule has 1 saturated carbocycles. The van der Waals surface area contributed by atoms with Gasteiger partial charge < -0.3 is 20.1 Å². The molecular weight excluding hydrogens is 332 g/mol. The van der Waals surface area contributed by atoms with Crippen LogP contribution in [0.25, 0.3) is 0 Å². The molecule has 2 atom stereocenters. The van der Waals surface area contributed by atoms with Gasteiger partial charge in [-0.15, -0.1) is 0 Å². The molecule has 1 heterocycles. The van der Waals surface area contributed by atoms with E-state index in [0.29, 0.717) is 25.3 Å². The number of ether oxygens (including phenoxy) is 2. The van der Waals surface area contributed by atoms with Crippen molar-refractivity contribution in [2.45, 2.75) is 47.1 Å². The van der Waals surface area contributed by atoms with Gasteiger partial charge in [0.25, 0.3) is 0 Å². The fraction of sp³-hybridized carbons (Fsp3) is 0.600. The van der Waals surface area contributed by atoms with Crippen LogP contribution in [0.15, 0.2) is 18.2 Å². The molecule has 2 N–H and O–H groups in total. The van der Waals surface area contributed by atoms with Crippen molar-refractivity contribution < 1.29 is 19.1 Å². The number of hydrogen-bond acceptors (Lipinski definition) is 4. The summed E-state index contributed by atoms with van der Waals surface area (Å²) in [5.74, 6) is 1.33. The Morgan fingerprint density at radius 3 is 2.62 bits per heavy atom. The molecule has 6 nitrogen and oxygen atoms in total. The lowest BCUT2D eigenvalue weighted by atomic mass is 9.65. The molecule has 0 radical (unpaired) electrons. The van der Waals surface area contributed by atoms with E-state index >= 15 is 0 Å². The highest BCUT2D eigenvalue weighted by Gasteiger charge is 2.57. The van der Waals surface area contributed by atoms with Crippen molar-refractivity contribution in [1.82, 2.24) is 10.6 Å². The molecule has 1 aliphatic carbocycles. The number of carbonyl (C=O) groups is 2. The first-order valence-electron chi connectivity index (χ1n) is 9.24. The Hall–Kier alpha value is -2.24. The maximum atomic E-state index is 13.0. The van der Waals surface area contributed by atoms with Gasteiger partial charge in [0, 0.05) is 19.0 Å². The summed E-state index contributed by atoms with van der Waals surface area (Å²) in [6.45, 7) is 9.21. The maximum Gasteiger partial charge on any atom is 0.231 e. The molecule has 1 aromatic carbocycles. The Kier molecular flexibility index (Phi) is 4.86. The molecule has 1 aromatic rings. The van der Waals surface area contributed by atoms with Crippen molar-refractivity contribution in [1.29, 1.82) is 0 Å². The van der Waals surface area contributed by atoms with Gasteiger partial charge in [-0.1, -0.05) is 26.8 Å². The van der Waals surface area contributed by atoms with Crippen LogP contribution in [0, 0.1) is 16.7 Å². The zero-order valence-electron chi connectivity index (χ0n) is 16.0. The Bertz CT molecular complexity index is 716. The number of rotatable bonds is 5. The van der Waals surface area contributed by atoms with Gasteiger partial charge in [0.2, 0.25) is 18.6 Å². The first-order valence-corrected chi connectivity index (χ1v) is 9.24. The molecular formula is C20H28N2O4. The minimum Gasteiger partial charge on any atom is -0.454 e. The van der Waals surface area contributed by atoms with Crippen molar-refractivity contribution in [3.05, 3.63) is 23.8 Å². The zero-order chi connectivity index (χ0) is 18.9. The highest BCUT2D eigenvalue weighted by Crippen LogP contribution is 2.56. The second-order valence-corrected chi connectivity index (χ2v) is 7.91. The summed E-state index contributed by atoms with van der Waals surface area (Å²) in [6, 6.07) is 5.67. The summed E-state index contributed by atoms with van der Waals surface area (Å²) in [6.07, 6.45) is 1.43. The van der Waals surface area contributed by atoms with Crippen LogP contribution >= 0.6 is 0 Å². The molecule has 0 bridgehead atoms. The van der Waals surface area contributed by atoms with Crippen LogP contribution in [0.5, 0.6) is 11.5 Å². The van der Waals surface area contributed by atoms with Crippen LogP contribution in [0.3, 0.4) is 0 Å². The molecule has 0 unspecified atom stereocenters. The number of amides is 2. The van der Waals surface area contributed by atoms with E-state index in [0.717, 1.165) is 17.7 Å². The summed E-state index contributed by atoms with van der Waals surface area (Å²) < 4.78 is 10.7. The van der Waals surface area contributed by atoms with Gasteiger partial charge in [0.15, 0.2) is 11.5 Å². The molecule has 2 amide bonds. The van der Waals surface area contributed by atoms with Crippen LogP contribution in [-0.2, 0) is 16.1 Å². The molecule has 2 aliphatic rings. The monoisotopic (exact) mass is 360 g/mol. The molecule has 0 spiro atoms. The molecule has 26 heavy (non-hydrogen) atoms. The van der Waals surface area contributed by atoms with Gasteiger partial charge in [-0.05, 0) is 42.9 Å². The van der Waals surface area contributed by atoms with Gasteiger partial charge in [-0.3, -0.25) is 9.59 Å². The number of fused-ring (bicyclic) bond motifs is 1. The van der Waals surface area contributed by atoms with Crippen molar-refractivity contribution in [3.8, 4) is 11.5 Å². The lowest BCUT2D eigenvalue weighted by Crippen LogP contribution is -2.49. The van der Waals surface area contributed by atoms with Crippen LogP contribution in [-0.4, -0.2) is 25.2 Å². The number of hydrogen-bond donors (Lipinski definition) is 2. The van der Waals surface area contributed by atoms with Gasteiger partial charge in [0.1, 0.15) is 0 Å². The standard InChI is InChI=1S/C20H28N2O4/c1-5-21-17(23)14-8-9-20(4,19(14,2)3)18(24)22-11-13-6-7-15-16(10-13)26-12-25-15/h6-7,10,14H,5,8-9,11-12H2,1-4H3,(H,21,23)(H,22,24)/t14-,20+/m0/s1. The highest BCUT2D eigenvalue weighted by atomic mass is 16.7. The van der Waals surface area contributed by atoms with E-state index in [1.807, 2.05) is 45.9 Å². The molecule has 1 fully saturated rings. The highest BCUT2D eigenvalue weighted by molar-refractivity contribution is 5.87. The molecule has 6 heteroatoms. The fourth-order valence-corrected chi connectivity index (χ4v) is 4.09. The SMILES string of the molecule is CCNC(=O)[C@@H]1CC[C@](C)(C(=O)NCc2ccc3c(c2)OCO3)C1(C)C. The van der Waals surface area contributed by atoms with Crippen LogP contribution in [0.1, 0.15) is 46.1 Å². The minimum atomic E-state index is -0.584. The first-order chi connectivity index (χ1) is 12.3. The normalized spacial score (nSPS) is 25.8. The molecule has 3 rings (SSSR count). The lowest BCUT2D eigenvalue weighted by molar-refractivity contribution is -0.139. The first kappa shape index (κ1) is 18.5. The lowest BCUT2D eigenvalue weighted by Gasteiger charge is -2.39. The largest absolute Gasteiger partial charge is 0.454 e. The van der Waals surface area contributed by atoms with E-state index in [9.17, 15) is 9.59 Å². The van der Waals surface area contributed by atoms with E-state index in [1.54, 1.807) is 0 Å². The van der Waals surface area contributed by atoms with Gasteiger partial charge in [-0.2, -0.15) is 0 Å². The predicted octanol–water partition coefficient (Wildman–Crippen LogP) is 2.61. The topological polar surface area (TPSA) is 76.7 Å². The number of benzene rings is 1. The molecule has 142 valence electrons. The molecule has 0 aromatic heterocycles. The second-order valence-electron chi connectivity index (χ2n) is 7.91. The maximum absolute atomic E-state index is 13.0. The Morgan fingerprint density at radius 1 is 1.15 bits per heavy atom. The predicted molar refractivity (Wildman–Crippen MR) is 97.7 cm³/mol. The smallest absolute Gasteiger partial charge is 0.231 e. The Labute approximate surface area is 154 Å². The summed E-state index contributed by atoms with van der Waals surface area (Å²) in [4.78, 5) is 25.4. The summed E-state index contributed by atoms with van der Waals surface area (Å²) in [7, 11) is 0. The molecule has 0 saturated heterocycles. The average Bonchev–Trinajstić information content (AvgIpc) is 3.15. The Balaban J connectivity index is 1.68. The fourth-order valence-electron chi connectivity index (χ4n) is 4.09. The summed E-state index contributed by atoms with van der Waals surface area (Å²) >= 11 is 0. The summed E-state index contributed by atoms with van der Waals surface area (Å²) in [5.41, 5.74) is -0.0353. The number of nitrogens with one attached hydrogen (secondary N) is 2. The third-order valence-electron chi connectivity index (χ3n) is 6.28. The van der Waals surface area contributed by atoms with Gasteiger partial charge in [-0.25, -0.2) is 0 Å². The van der Waals surface area contributed by atoms with Gasteiger partial charge in [0.05, 0.1) is 5.41 Å². The third-order valence-corrected chi connectivity index (χ3v) is 6.28.